The standard InChI is InChI=1S/C23H18N2O5/c26-21-19-13-6-7-14(17-9-16(13)17)20(19)22(27)25(21)24-10-11-5-8-18(30-11)12-3-1-2-4-15(12)23(28)29/h1-8,10,13-14,16-17,19-20H,9H2,(H,28,29)/b24-10-/t13-,14-,16-,17+,19-,20+/m1/s1. The van der Waals surface area contributed by atoms with Gasteiger partial charge in [0.05, 0.1) is 23.6 Å². The van der Waals surface area contributed by atoms with Crippen LogP contribution in [0.1, 0.15) is 22.5 Å². The summed E-state index contributed by atoms with van der Waals surface area (Å²) >= 11 is 0. The van der Waals surface area contributed by atoms with E-state index in [2.05, 4.69) is 17.3 Å². The van der Waals surface area contributed by atoms with E-state index >= 15 is 0 Å². The molecule has 3 fully saturated rings. The average Bonchev–Trinajstić information content (AvgIpc) is 3.39. The van der Waals surface area contributed by atoms with E-state index in [1.165, 1.54) is 12.3 Å². The monoisotopic (exact) mass is 402 g/mol. The van der Waals surface area contributed by atoms with E-state index in [0.717, 1.165) is 11.4 Å². The molecule has 2 bridgehead atoms. The molecule has 1 saturated heterocycles. The van der Waals surface area contributed by atoms with E-state index in [9.17, 15) is 19.5 Å². The minimum atomic E-state index is -1.05. The van der Waals surface area contributed by atoms with E-state index in [4.69, 9.17) is 4.42 Å². The van der Waals surface area contributed by atoms with E-state index in [-0.39, 0.29) is 41.0 Å². The maximum absolute atomic E-state index is 12.9. The molecule has 0 unspecified atom stereocenters. The van der Waals surface area contributed by atoms with Crippen molar-refractivity contribution in [2.24, 2.45) is 40.6 Å². The molecule has 2 saturated carbocycles. The largest absolute Gasteiger partial charge is 0.478 e. The Labute approximate surface area is 171 Å². The molecule has 5 aliphatic rings. The molecular formula is C23H18N2O5. The van der Waals surface area contributed by atoms with Crippen LogP contribution in [0, 0.1) is 35.5 Å². The number of hydrogen-bond acceptors (Lipinski definition) is 5. The van der Waals surface area contributed by atoms with Crippen molar-refractivity contribution in [1.82, 2.24) is 5.01 Å². The third-order valence-electron chi connectivity index (χ3n) is 6.99. The Morgan fingerprint density at radius 1 is 1.03 bits per heavy atom. The topological polar surface area (TPSA) is 100 Å². The van der Waals surface area contributed by atoms with Crippen LogP contribution >= 0.6 is 0 Å². The maximum Gasteiger partial charge on any atom is 0.336 e. The van der Waals surface area contributed by atoms with Gasteiger partial charge < -0.3 is 9.52 Å². The Bertz CT molecular complexity index is 1130. The molecule has 0 spiro atoms. The molecule has 30 heavy (non-hydrogen) atoms. The molecule has 2 amide bonds. The van der Waals surface area contributed by atoms with Crippen LogP contribution in [-0.2, 0) is 9.59 Å². The summed E-state index contributed by atoms with van der Waals surface area (Å²) in [6.45, 7) is 0. The highest BCUT2D eigenvalue weighted by molar-refractivity contribution is 6.06. The average molecular weight is 402 g/mol. The van der Waals surface area contributed by atoms with Gasteiger partial charge in [-0.1, -0.05) is 30.4 Å². The van der Waals surface area contributed by atoms with Crippen LogP contribution < -0.4 is 0 Å². The van der Waals surface area contributed by atoms with Crippen LogP contribution in [0.25, 0.3) is 11.3 Å². The SMILES string of the molecule is O=C(O)c1ccccc1-c1ccc(/C=N\N2C(=O)[C@@H]3[C@@H]4C=C[C@H]([C@@H]5C[C@H]45)[C@@H]3C2=O)o1. The number of imide groups is 1. The Hall–Kier alpha value is -3.48. The Balaban J connectivity index is 1.26. The third-order valence-corrected chi connectivity index (χ3v) is 6.99. The molecule has 0 radical (unpaired) electrons. The fourth-order valence-corrected chi connectivity index (χ4v) is 5.62. The lowest BCUT2D eigenvalue weighted by Gasteiger charge is -2.37. The van der Waals surface area contributed by atoms with Crippen LogP contribution in [-0.4, -0.2) is 34.1 Å². The number of hydrazone groups is 1. The van der Waals surface area contributed by atoms with Crippen molar-refractivity contribution in [1.29, 1.82) is 0 Å². The van der Waals surface area contributed by atoms with Gasteiger partial charge in [-0.05, 0) is 48.3 Å². The molecule has 7 heteroatoms. The first kappa shape index (κ1) is 17.4. The van der Waals surface area contributed by atoms with Gasteiger partial charge in [-0.3, -0.25) is 9.59 Å². The molecule has 7 nitrogen and oxygen atoms in total. The predicted octanol–water partition coefficient (Wildman–Crippen LogP) is 3.03. The molecule has 7 rings (SSSR count). The zero-order chi connectivity index (χ0) is 20.6. The molecule has 1 aliphatic heterocycles. The van der Waals surface area contributed by atoms with Crippen LogP contribution in [0.3, 0.4) is 0 Å². The van der Waals surface area contributed by atoms with E-state index in [1.54, 1.807) is 30.3 Å². The van der Waals surface area contributed by atoms with Crippen molar-refractivity contribution in [3.63, 3.8) is 0 Å². The van der Waals surface area contributed by atoms with Crippen LogP contribution in [0.2, 0.25) is 0 Å². The Morgan fingerprint density at radius 2 is 1.70 bits per heavy atom. The number of aromatic carboxylic acids is 1. The quantitative estimate of drug-likeness (QED) is 0.481. The van der Waals surface area contributed by atoms with Crippen molar-refractivity contribution < 1.29 is 23.9 Å². The first-order valence-electron chi connectivity index (χ1n) is 10.1. The van der Waals surface area contributed by atoms with Gasteiger partial charge in [0.15, 0.2) is 0 Å². The molecule has 1 N–H and O–H groups in total. The molecule has 2 heterocycles. The van der Waals surface area contributed by atoms with Gasteiger partial charge in [0.1, 0.15) is 11.5 Å². The van der Waals surface area contributed by atoms with Gasteiger partial charge in [-0.25, -0.2) is 4.79 Å². The lowest BCUT2D eigenvalue weighted by Crippen LogP contribution is -2.40. The number of nitrogens with zero attached hydrogens (tertiary/aromatic N) is 2. The lowest BCUT2D eigenvalue weighted by molar-refractivity contribution is -0.140. The number of benzene rings is 1. The van der Waals surface area contributed by atoms with E-state index < -0.39 is 5.97 Å². The third kappa shape index (κ3) is 2.32. The molecule has 2 aromatic rings. The number of amides is 2. The van der Waals surface area contributed by atoms with E-state index in [0.29, 0.717) is 28.9 Å². The zero-order valence-electron chi connectivity index (χ0n) is 15.8. The highest BCUT2D eigenvalue weighted by Crippen LogP contribution is 2.65. The van der Waals surface area contributed by atoms with Gasteiger partial charge in [0.2, 0.25) is 0 Å². The van der Waals surface area contributed by atoms with Crippen LogP contribution in [0.15, 0.2) is 58.1 Å². The number of rotatable bonds is 4. The second kappa shape index (κ2) is 6.01. The summed E-state index contributed by atoms with van der Waals surface area (Å²) in [5, 5.41) is 14.5. The molecule has 4 aliphatic carbocycles. The molecule has 150 valence electrons. The fraction of sp³-hybridized carbons (Fsp3) is 0.304. The van der Waals surface area contributed by atoms with Crippen molar-refractivity contribution in [3.8, 4) is 11.3 Å². The summed E-state index contributed by atoms with van der Waals surface area (Å²) in [7, 11) is 0. The van der Waals surface area contributed by atoms with Crippen molar-refractivity contribution in [3.05, 3.63) is 59.9 Å². The summed E-state index contributed by atoms with van der Waals surface area (Å²) < 4.78 is 5.71. The van der Waals surface area contributed by atoms with Gasteiger partial charge >= 0.3 is 5.97 Å². The van der Waals surface area contributed by atoms with Gasteiger partial charge in [0.25, 0.3) is 11.8 Å². The highest BCUT2D eigenvalue weighted by atomic mass is 16.4. The fourth-order valence-electron chi connectivity index (χ4n) is 5.62. The van der Waals surface area contributed by atoms with Gasteiger partial charge in [-0.2, -0.15) is 10.1 Å². The number of hydrogen-bond donors (Lipinski definition) is 1. The van der Waals surface area contributed by atoms with Gasteiger partial charge in [0, 0.05) is 5.56 Å². The normalized spacial score (nSPS) is 33.3. The second-order valence-corrected chi connectivity index (χ2v) is 8.44. The first-order valence-corrected chi connectivity index (χ1v) is 10.1. The number of carboxylic acid groups (broad SMARTS) is 1. The number of allylic oxidation sites excluding steroid dienone is 2. The minimum Gasteiger partial charge on any atom is -0.478 e. The summed E-state index contributed by atoms with van der Waals surface area (Å²) in [5.41, 5.74) is 0.580. The molecular weight excluding hydrogens is 384 g/mol. The summed E-state index contributed by atoms with van der Waals surface area (Å²) in [6, 6.07) is 9.83. The van der Waals surface area contributed by atoms with Crippen LogP contribution in [0.4, 0.5) is 0 Å². The number of furan rings is 1. The predicted molar refractivity (Wildman–Crippen MR) is 105 cm³/mol. The highest BCUT2D eigenvalue weighted by Gasteiger charge is 2.67. The minimum absolute atomic E-state index is 0.130. The Kier molecular flexibility index (Phi) is 3.48. The molecule has 1 aromatic heterocycles. The van der Waals surface area contributed by atoms with Crippen LogP contribution in [0.5, 0.6) is 0 Å². The van der Waals surface area contributed by atoms with Crippen molar-refractivity contribution >= 4 is 24.0 Å². The van der Waals surface area contributed by atoms with Crippen molar-refractivity contribution in [2.45, 2.75) is 6.42 Å². The summed E-state index contributed by atoms with van der Waals surface area (Å²) in [5.74, 6) is 0.0407. The molecule has 1 aromatic carbocycles. The maximum atomic E-state index is 12.9. The summed E-state index contributed by atoms with van der Waals surface area (Å²) in [6.07, 6.45) is 6.70. The van der Waals surface area contributed by atoms with Gasteiger partial charge in [-0.15, -0.1) is 0 Å². The van der Waals surface area contributed by atoms with E-state index in [1.807, 2.05) is 0 Å². The smallest absolute Gasteiger partial charge is 0.336 e. The zero-order valence-corrected chi connectivity index (χ0v) is 15.8. The Morgan fingerprint density at radius 3 is 2.37 bits per heavy atom. The number of carbonyl (C=O) groups excluding carboxylic acids is 2. The second-order valence-electron chi connectivity index (χ2n) is 8.44. The number of carbonyl (C=O) groups is 3. The first-order chi connectivity index (χ1) is 14.5. The number of carboxylic acids is 1. The molecule has 6 atom stereocenters. The lowest BCUT2D eigenvalue weighted by atomic mass is 9.63. The summed E-state index contributed by atoms with van der Waals surface area (Å²) in [4.78, 5) is 37.3. The van der Waals surface area contributed by atoms with Crippen molar-refractivity contribution in [2.75, 3.05) is 0 Å².